The van der Waals surface area contributed by atoms with Crippen LogP contribution in [0.15, 0.2) is 48.7 Å². The number of alkyl carbamates (subject to hydrolysis) is 1. The highest BCUT2D eigenvalue weighted by Gasteiger charge is 2.21. The van der Waals surface area contributed by atoms with Gasteiger partial charge in [0.2, 0.25) is 11.8 Å². The number of aromatic nitrogens is 1. The van der Waals surface area contributed by atoms with Gasteiger partial charge in [0.25, 0.3) is 0 Å². The predicted octanol–water partition coefficient (Wildman–Crippen LogP) is 0.925. The van der Waals surface area contributed by atoms with Gasteiger partial charge >= 0.3 is 6.09 Å². The summed E-state index contributed by atoms with van der Waals surface area (Å²) >= 11 is 5.72. The zero-order valence-corrected chi connectivity index (χ0v) is 16.8. The van der Waals surface area contributed by atoms with Gasteiger partial charge < -0.3 is 26.2 Å². The van der Waals surface area contributed by atoms with Crippen molar-refractivity contribution in [3.63, 3.8) is 0 Å². The maximum atomic E-state index is 12.1. The van der Waals surface area contributed by atoms with Crippen LogP contribution in [-0.2, 0) is 27.4 Å². The van der Waals surface area contributed by atoms with Crippen molar-refractivity contribution in [1.82, 2.24) is 15.6 Å². The molecule has 0 saturated carbocycles. The van der Waals surface area contributed by atoms with Gasteiger partial charge in [-0.1, -0.05) is 48.0 Å². The van der Waals surface area contributed by atoms with E-state index in [1.807, 2.05) is 30.3 Å². The van der Waals surface area contributed by atoms with Crippen LogP contribution in [-0.4, -0.2) is 46.7 Å². The van der Waals surface area contributed by atoms with E-state index in [9.17, 15) is 19.5 Å². The Labute approximate surface area is 178 Å². The zero-order chi connectivity index (χ0) is 21.9. The molecule has 2 atom stereocenters. The van der Waals surface area contributed by atoms with Crippen molar-refractivity contribution in [3.05, 3.63) is 64.9 Å². The Hall–Kier alpha value is -3.17. The summed E-state index contributed by atoms with van der Waals surface area (Å²) in [5.41, 5.74) is 6.82. The van der Waals surface area contributed by atoms with Crippen LogP contribution in [0.1, 0.15) is 17.5 Å². The maximum absolute atomic E-state index is 12.1. The van der Waals surface area contributed by atoms with Crippen LogP contribution < -0.4 is 16.4 Å². The summed E-state index contributed by atoms with van der Waals surface area (Å²) in [6, 6.07) is 11.4. The van der Waals surface area contributed by atoms with Gasteiger partial charge in [0.1, 0.15) is 17.8 Å². The molecule has 0 saturated heterocycles. The lowest BCUT2D eigenvalue weighted by Crippen LogP contribution is -2.47. The van der Waals surface area contributed by atoms with Gasteiger partial charge in [-0.15, -0.1) is 0 Å². The molecular formula is C20H23ClN4O5. The minimum absolute atomic E-state index is 0.0864. The number of halogens is 1. The van der Waals surface area contributed by atoms with Gasteiger partial charge in [0, 0.05) is 19.2 Å². The number of rotatable bonds is 10. The van der Waals surface area contributed by atoms with E-state index in [4.69, 9.17) is 22.1 Å². The number of hydrogen-bond donors (Lipinski definition) is 4. The minimum Gasteiger partial charge on any atom is -0.445 e. The molecule has 2 aromatic rings. The second-order valence-electron chi connectivity index (χ2n) is 6.52. The van der Waals surface area contributed by atoms with Crippen LogP contribution in [0.3, 0.4) is 0 Å². The van der Waals surface area contributed by atoms with Crippen molar-refractivity contribution in [2.45, 2.75) is 31.6 Å². The Kier molecular flexibility index (Phi) is 9.04. The molecule has 1 aromatic heterocycles. The van der Waals surface area contributed by atoms with Crippen LogP contribution in [0, 0.1) is 0 Å². The molecule has 9 nitrogen and oxygen atoms in total. The lowest BCUT2D eigenvalue weighted by Gasteiger charge is -2.17. The Balaban J connectivity index is 1.73. The molecule has 0 spiro atoms. The topological polar surface area (TPSA) is 144 Å². The monoisotopic (exact) mass is 434 g/mol. The number of nitrogens with two attached hydrogens (primary N) is 1. The summed E-state index contributed by atoms with van der Waals surface area (Å²) in [5.74, 6) is -1.32. The average molecular weight is 435 g/mol. The molecular weight excluding hydrogens is 412 g/mol. The predicted molar refractivity (Wildman–Crippen MR) is 109 cm³/mol. The molecule has 5 N–H and O–H groups in total. The summed E-state index contributed by atoms with van der Waals surface area (Å²) in [7, 11) is 0. The van der Waals surface area contributed by atoms with E-state index in [0.717, 1.165) is 5.56 Å². The van der Waals surface area contributed by atoms with Gasteiger partial charge in [0.05, 0.1) is 12.5 Å². The van der Waals surface area contributed by atoms with E-state index in [-0.39, 0.29) is 26.0 Å². The molecule has 30 heavy (non-hydrogen) atoms. The molecule has 3 amide bonds. The van der Waals surface area contributed by atoms with Crippen LogP contribution in [0.2, 0.25) is 5.15 Å². The second kappa shape index (κ2) is 11.7. The molecule has 0 fully saturated rings. The van der Waals surface area contributed by atoms with E-state index in [1.54, 1.807) is 12.1 Å². The fraction of sp³-hybridized carbons (Fsp3) is 0.300. The highest BCUT2D eigenvalue weighted by molar-refractivity contribution is 6.29. The molecule has 0 unspecified atom stereocenters. The number of aliphatic hydroxyl groups is 1. The van der Waals surface area contributed by atoms with Crippen molar-refractivity contribution < 1.29 is 24.2 Å². The molecule has 0 bridgehead atoms. The molecule has 1 heterocycles. The summed E-state index contributed by atoms with van der Waals surface area (Å²) in [6.45, 7) is -0.105. The van der Waals surface area contributed by atoms with E-state index in [1.165, 1.54) is 6.20 Å². The first-order valence-corrected chi connectivity index (χ1v) is 9.53. The Morgan fingerprint density at radius 3 is 2.50 bits per heavy atom. The molecule has 0 aliphatic carbocycles. The van der Waals surface area contributed by atoms with Gasteiger partial charge in [0.15, 0.2) is 0 Å². The molecule has 1 aromatic carbocycles. The molecule has 2 rings (SSSR count). The average Bonchev–Trinajstić information content (AvgIpc) is 2.72. The summed E-state index contributed by atoms with van der Waals surface area (Å²) in [4.78, 5) is 39.3. The van der Waals surface area contributed by atoms with E-state index in [2.05, 4.69) is 15.6 Å². The van der Waals surface area contributed by atoms with Crippen molar-refractivity contribution in [3.8, 4) is 0 Å². The number of pyridine rings is 1. The lowest BCUT2D eigenvalue weighted by atomic mass is 10.1. The lowest BCUT2D eigenvalue weighted by molar-refractivity contribution is -0.128. The zero-order valence-electron chi connectivity index (χ0n) is 16.1. The van der Waals surface area contributed by atoms with Crippen molar-refractivity contribution >= 4 is 29.5 Å². The Morgan fingerprint density at radius 2 is 1.87 bits per heavy atom. The van der Waals surface area contributed by atoms with E-state index < -0.39 is 30.1 Å². The third kappa shape index (κ3) is 8.46. The number of aliphatic hydroxyl groups excluding tert-OH is 1. The highest BCUT2D eigenvalue weighted by Crippen LogP contribution is 2.08. The molecule has 160 valence electrons. The maximum Gasteiger partial charge on any atom is 0.407 e. The standard InChI is InChI=1S/C20H23ClN4O5/c21-17-7-6-14(10-23-17)8-16(19(22)28)25-18(27)9-15(26)11-24-20(29)30-12-13-4-2-1-3-5-13/h1-7,10,15-16,26H,8-9,11-12H2,(H2,22,28)(H,24,29)(H,25,27)/t15-,16-/m1/s1. The number of primary amides is 1. The summed E-state index contributed by atoms with van der Waals surface area (Å²) in [5, 5.41) is 15.1. The number of carbonyl (C=O) groups excluding carboxylic acids is 3. The minimum atomic E-state index is -1.17. The normalized spacial score (nSPS) is 12.5. The number of amides is 3. The van der Waals surface area contributed by atoms with Crippen LogP contribution >= 0.6 is 11.6 Å². The second-order valence-corrected chi connectivity index (χ2v) is 6.90. The largest absolute Gasteiger partial charge is 0.445 e. The van der Waals surface area contributed by atoms with Crippen molar-refractivity contribution in [2.24, 2.45) is 5.73 Å². The van der Waals surface area contributed by atoms with Gasteiger partial charge in [-0.25, -0.2) is 9.78 Å². The first-order valence-electron chi connectivity index (χ1n) is 9.15. The van der Waals surface area contributed by atoms with Crippen LogP contribution in [0.4, 0.5) is 4.79 Å². The third-order valence-electron chi connectivity index (χ3n) is 4.02. The van der Waals surface area contributed by atoms with Crippen LogP contribution in [0.25, 0.3) is 0 Å². The van der Waals surface area contributed by atoms with E-state index in [0.29, 0.717) is 10.7 Å². The first-order chi connectivity index (χ1) is 14.3. The van der Waals surface area contributed by atoms with Gasteiger partial charge in [-0.2, -0.15) is 0 Å². The quantitative estimate of drug-likeness (QED) is 0.409. The van der Waals surface area contributed by atoms with Gasteiger partial charge in [-0.05, 0) is 17.2 Å². The van der Waals surface area contributed by atoms with Crippen LogP contribution in [0.5, 0.6) is 0 Å². The number of nitrogens with zero attached hydrogens (tertiary/aromatic N) is 1. The molecule has 10 heteroatoms. The number of benzene rings is 1. The summed E-state index contributed by atoms with van der Waals surface area (Å²) in [6.07, 6.45) is -0.611. The number of carbonyl (C=O) groups is 3. The number of hydrogen-bond acceptors (Lipinski definition) is 6. The van der Waals surface area contributed by atoms with Gasteiger partial charge in [-0.3, -0.25) is 9.59 Å². The third-order valence-corrected chi connectivity index (χ3v) is 4.25. The number of nitrogens with one attached hydrogen (secondary N) is 2. The highest BCUT2D eigenvalue weighted by atomic mass is 35.5. The summed E-state index contributed by atoms with van der Waals surface area (Å²) < 4.78 is 5.02. The molecule has 0 radical (unpaired) electrons. The molecule has 0 aliphatic heterocycles. The Bertz CT molecular complexity index is 848. The Morgan fingerprint density at radius 1 is 1.13 bits per heavy atom. The number of ether oxygens (including phenoxy) is 1. The van der Waals surface area contributed by atoms with E-state index >= 15 is 0 Å². The molecule has 0 aliphatic rings. The fourth-order valence-corrected chi connectivity index (χ4v) is 2.61. The van der Waals surface area contributed by atoms with Crippen molar-refractivity contribution in [1.29, 1.82) is 0 Å². The SMILES string of the molecule is NC(=O)[C@@H](Cc1ccc(Cl)nc1)NC(=O)C[C@@H](O)CNC(=O)OCc1ccccc1. The fourth-order valence-electron chi connectivity index (χ4n) is 2.50. The van der Waals surface area contributed by atoms with Crippen molar-refractivity contribution in [2.75, 3.05) is 6.54 Å². The smallest absolute Gasteiger partial charge is 0.407 e. The first kappa shape index (κ1) is 23.1.